The molecule has 1 aromatic carbocycles. The molecular weight excluding hydrogens is 238 g/mol. The van der Waals surface area contributed by atoms with Crippen molar-refractivity contribution in [2.45, 2.75) is 6.92 Å². The molecule has 0 radical (unpaired) electrons. The van der Waals surface area contributed by atoms with E-state index in [1.807, 2.05) is 6.07 Å². The third kappa shape index (κ3) is 2.11. The van der Waals surface area contributed by atoms with Crippen molar-refractivity contribution in [3.05, 3.63) is 47.2 Å². The van der Waals surface area contributed by atoms with E-state index < -0.39 is 11.6 Å². The number of benzene rings is 1. The molecule has 0 aliphatic heterocycles. The predicted octanol–water partition coefficient (Wildman–Crippen LogP) is 2.68. The highest BCUT2D eigenvalue weighted by atomic mass is 19.1. The topological polar surface area (TPSA) is 61.6 Å². The van der Waals surface area contributed by atoms with Gasteiger partial charge in [0, 0.05) is 0 Å². The zero-order valence-electron chi connectivity index (χ0n) is 9.41. The Morgan fingerprint density at radius 3 is 2.78 bits per heavy atom. The maximum absolute atomic E-state index is 13.8. The van der Waals surface area contributed by atoms with E-state index in [0.717, 1.165) is 6.07 Å². The van der Waals surface area contributed by atoms with Crippen molar-refractivity contribution in [2.24, 2.45) is 0 Å². The van der Waals surface area contributed by atoms with E-state index in [-0.39, 0.29) is 17.1 Å². The largest absolute Gasteiger partial charge is 0.333 e. The molecule has 18 heavy (non-hydrogen) atoms. The van der Waals surface area contributed by atoms with Crippen molar-refractivity contribution in [1.82, 2.24) is 10.2 Å². The molecule has 0 saturated heterocycles. The molecule has 1 aromatic heterocycles. The van der Waals surface area contributed by atoms with Crippen LogP contribution in [-0.2, 0) is 0 Å². The van der Waals surface area contributed by atoms with E-state index in [2.05, 4.69) is 15.5 Å². The molecule has 0 bridgehead atoms. The number of aromatic nitrogens is 2. The van der Waals surface area contributed by atoms with Crippen molar-refractivity contribution in [1.29, 1.82) is 5.26 Å². The van der Waals surface area contributed by atoms with Crippen LogP contribution in [0.3, 0.4) is 0 Å². The lowest BCUT2D eigenvalue weighted by molar-refractivity contribution is 0.584. The van der Waals surface area contributed by atoms with Crippen LogP contribution in [0.4, 0.5) is 20.3 Å². The van der Waals surface area contributed by atoms with Gasteiger partial charge in [0.25, 0.3) is 0 Å². The summed E-state index contributed by atoms with van der Waals surface area (Å²) in [5.74, 6) is -1.46. The average molecular weight is 246 g/mol. The summed E-state index contributed by atoms with van der Waals surface area (Å²) in [5, 5.41) is 18.5. The number of hydrogen-bond acceptors (Lipinski definition) is 4. The van der Waals surface area contributed by atoms with Crippen molar-refractivity contribution in [2.75, 3.05) is 5.32 Å². The highest BCUT2D eigenvalue weighted by Gasteiger charge is 2.14. The Balaban J connectivity index is 2.47. The van der Waals surface area contributed by atoms with E-state index >= 15 is 0 Å². The number of aryl methyl sites for hydroxylation is 1. The molecule has 0 fully saturated rings. The summed E-state index contributed by atoms with van der Waals surface area (Å²) in [4.78, 5) is 0. The van der Waals surface area contributed by atoms with E-state index in [4.69, 9.17) is 5.26 Å². The molecule has 6 heteroatoms. The van der Waals surface area contributed by atoms with Crippen LogP contribution in [0.25, 0.3) is 0 Å². The third-order valence-corrected chi connectivity index (χ3v) is 2.37. The Labute approximate surface area is 102 Å². The number of nitrogens with one attached hydrogen (secondary N) is 1. The quantitative estimate of drug-likeness (QED) is 0.884. The van der Waals surface area contributed by atoms with Gasteiger partial charge >= 0.3 is 0 Å². The fraction of sp³-hybridized carbons (Fsp3) is 0.0833. The number of anilines is 2. The van der Waals surface area contributed by atoms with Crippen LogP contribution < -0.4 is 5.32 Å². The summed E-state index contributed by atoms with van der Waals surface area (Å²) < 4.78 is 27.3. The van der Waals surface area contributed by atoms with Gasteiger partial charge in [-0.1, -0.05) is 6.07 Å². The van der Waals surface area contributed by atoms with Crippen molar-refractivity contribution in [3.8, 4) is 6.07 Å². The van der Waals surface area contributed by atoms with Crippen molar-refractivity contribution in [3.63, 3.8) is 0 Å². The van der Waals surface area contributed by atoms with Gasteiger partial charge in [-0.15, -0.1) is 5.10 Å². The van der Waals surface area contributed by atoms with Crippen LogP contribution in [0.1, 0.15) is 11.1 Å². The van der Waals surface area contributed by atoms with Crippen LogP contribution in [0, 0.1) is 29.9 Å². The van der Waals surface area contributed by atoms with Gasteiger partial charge in [-0.3, -0.25) is 0 Å². The summed E-state index contributed by atoms with van der Waals surface area (Å²) in [7, 11) is 0. The molecular formula is C12H8F2N4. The molecule has 0 amide bonds. The highest BCUT2D eigenvalue weighted by Crippen LogP contribution is 2.25. The molecule has 0 atom stereocenters. The first-order chi connectivity index (χ1) is 8.63. The summed E-state index contributed by atoms with van der Waals surface area (Å²) >= 11 is 0. The second-order valence-electron chi connectivity index (χ2n) is 3.58. The molecule has 0 aliphatic rings. The van der Waals surface area contributed by atoms with Crippen LogP contribution in [-0.4, -0.2) is 10.2 Å². The number of nitriles is 1. The third-order valence-electron chi connectivity index (χ3n) is 2.37. The van der Waals surface area contributed by atoms with Gasteiger partial charge in [-0.05, 0) is 24.6 Å². The molecule has 0 spiro atoms. The fourth-order valence-corrected chi connectivity index (χ4v) is 1.40. The molecule has 0 unspecified atom stereocenters. The predicted molar refractivity (Wildman–Crippen MR) is 61.1 cm³/mol. The molecule has 0 saturated carbocycles. The second-order valence-corrected chi connectivity index (χ2v) is 3.58. The monoisotopic (exact) mass is 246 g/mol. The lowest BCUT2D eigenvalue weighted by Gasteiger charge is -2.09. The minimum atomic E-state index is -0.757. The average Bonchev–Trinajstić information content (AvgIpc) is 2.39. The standard InChI is InChI=1S/C12H8F2N4/c1-7-2-3-9(13)11(10(7)14)17-12-8(6-15)4-5-16-18-12/h2-5H,1H3,(H,17,18). The van der Waals surface area contributed by atoms with Gasteiger partial charge in [0.15, 0.2) is 11.6 Å². The maximum Gasteiger partial charge on any atom is 0.171 e. The Hall–Kier alpha value is -2.55. The SMILES string of the molecule is Cc1ccc(F)c(Nc2nnccc2C#N)c1F. The van der Waals surface area contributed by atoms with Gasteiger partial charge < -0.3 is 5.32 Å². The number of hydrogen-bond donors (Lipinski definition) is 1. The Bertz CT molecular complexity index is 634. The zero-order valence-corrected chi connectivity index (χ0v) is 9.41. The zero-order chi connectivity index (χ0) is 13.1. The number of rotatable bonds is 2. The van der Waals surface area contributed by atoms with Crippen LogP contribution in [0.2, 0.25) is 0 Å². The molecule has 0 aliphatic carbocycles. The van der Waals surface area contributed by atoms with E-state index in [1.165, 1.54) is 25.3 Å². The van der Waals surface area contributed by atoms with Gasteiger partial charge in [0.1, 0.15) is 17.6 Å². The lowest BCUT2D eigenvalue weighted by Crippen LogP contribution is -2.03. The molecule has 4 nitrogen and oxygen atoms in total. The van der Waals surface area contributed by atoms with Gasteiger partial charge in [0.05, 0.1) is 11.8 Å². The highest BCUT2D eigenvalue weighted by molar-refractivity contribution is 5.63. The van der Waals surface area contributed by atoms with Gasteiger partial charge in [-0.2, -0.15) is 10.4 Å². The smallest absolute Gasteiger partial charge is 0.171 e. The lowest BCUT2D eigenvalue weighted by atomic mass is 10.2. The second kappa shape index (κ2) is 4.75. The molecule has 1 heterocycles. The Morgan fingerprint density at radius 1 is 1.28 bits per heavy atom. The van der Waals surface area contributed by atoms with Crippen LogP contribution >= 0.6 is 0 Å². The molecule has 90 valence electrons. The summed E-state index contributed by atoms with van der Waals surface area (Å²) in [6, 6.07) is 5.74. The first kappa shape index (κ1) is 11.9. The molecule has 2 aromatic rings. The number of nitrogens with zero attached hydrogens (tertiary/aromatic N) is 3. The first-order valence-corrected chi connectivity index (χ1v) is 5.07. The van der Waals surface area contributed by atoms with Crippen molar-refractivity contribution >= 4 is 11.5 Å². The molecule has 1 N–H and O–H groups in total. The Morgan fingerprint density at radius 2 is 2.06 bits per heavy atom. The minimum absolute atomic E-state index is 0.0170. The van der Waals surface area contributed by atoms with E-state index in [0.29, 0.717) is 5.56 Å². The summed E-state index contributed by atoms with van der Waals surface area (Å²) in [6.45, 7) is 1.52. The van der Waals surface area contributed by atoms with Crippen LogP contribution in [0.15, 0.2) is 24.4 Å². The maximum atomic E-state index is 13.8. The van der Waals surface area contributed by atoms with Gasteiger partial charge in [0.2, 0.25) is 0 Å². The molecule has 2 rings (SSSR count). The fourth-order valence-electron chi connectivity index (χ4n) is 1.40. The van der Waals surface area contributed by atoms with E-state index in [9.17, 15) is 8.78 Å². The minimum Gasteiger partial charge on any atom is -0.333 e. The first-order valence-electron chi connectivity index (χ1n) is 5.07. The van der Waals surface area contributed by atoms with E-state index in [1.54, 1.807) is 0 Å². The normalized spacial score (nSPS) is 9.89. The Kier molecular flexibility index (Phi) is 3.15. The summed E-state index contributed by atoms with van der Waals surface area (Å²) in [5.41, 5.74) is 0.110. The van der Waals surface area contributed by atoms with Crippen LogP contribution in [0.5, 0.6) is 0 Å². The van der Waals surface area contributed by atoms with Crippen molar-refractivity contribution < 1.29 is 8.78 Å². The number of halogens is 2. The summed E-state index contributed by atoms with van der Waals surface area (Å²) in [6.07, 6.45) is 1.33. The van der Waals surface area contributed by atoms with Gasteiger partial charge in [-0.25, -0.2) is 8.78 Å².